The fourth-order valence-electron chi connectivity index (χ4n) is 4.16. The number of aromatic nitrogens is 3. The number of hydrogen-bond acceptors (Lipinski definition) is 7. The van der Waals surface area contributed by atoms with Gasteiger partial charge in [0, 0.05) is 35.8 Å². The van der Waals surface area contributed by atoms with Crippen LogP contribution in [0.5, 0.6) is 11.5 Å². The van der Waals surface area contributed by atoms with E-state index in [-0.39, 0.29) is 11.4 Å². The van der Waals surface area contributed by atoms with Crippen molar-refractivity contribution in [3.63, 3.8) is 0 Å². The van der Waals surface area contributed by atoms with Crippen molar-refractivity contribution in [2.75, 3.05) is 19.5 Å². The summed E-state index contributed by atoms with van der Waals surface area (Å²) in [5.41, 5.74) is 3.94. The van der Waals surface area contributed by atoms with Gasteiger partial charge in [0.05, 0.1) is 35.5 Å². The molecule has 2 N–H and O–H groups in total. The summed E-state index contributed by atoms with van der Waals surface area (Å²) in [5, 5.41) is 8.46. The van der Waals surface area contributed by atoms with Gasteiger partial charge in [-0.3, -0.25) is 0 Å². The van der Waals surface area contributed by atoms with E-state index in [2.05, 4.69) is 31.1 Å². The minimum atomic E-state index is -3.78. The molecule has 5 rings (SSSR count). The quantitative estimate of drug-likeness (QED) is 0.195. The number of halogens is 2. The Balaban J connectivity index is 1.33. The molecule has 2 aromatic heterocycles. The molecule has 0 radical (unpaired) electrons. The van der Waals surface area contributed by atoms with Gasteiger partial charge in [-0.2, -0.15) is 9.61 Å². The highest BCUT2D eigenvalue weighted by molar-refractivity contribution is 9.10. The molecule has 0 unspecified atom stereocenters. The number of nitrogens with zero attached hydrogens (tertiary/aromatic N) is 3. The largest absolute Gasteiger partial charge is 0.493 e. The molecule has 12 heteroatoms. The van der Waals surface area contributed by atoms with E-state index < -0.39 is 10.0 Å². The molecular formula is C28H25BrClN5O4S. The minimum absolute atomic E-state index is 0.0874. The van der Waals surface area contributed by atoms with Crippen LogP contribution in [0.25, 0.3) is 16.9 Å². The lowest BCUT2D eigenvalue weighted by Gasteiger charge is -2.13. The topological polar surface area (TPSA) is 107 Å². The van der Waals surface area contributed by atoms with Crippen molar-refractivity contribution in [3.8, 4) is 22.8 Å². The van der Waals surface area contributed by atoms with Gasteiger partial charge in [-0.25, -0.2) is 18.1 Å². The Morgan fingerprint density at radius 2 is 1.68 bits per heavy atom. The van der Waals surface area contributed by atoms with Crippen molar-refractivity contribution in [1.29, 1.82) is 0 Å². The van der Waals surface area contributed by atoms with Crippen molar-refractivity contribution in [2.24, 2.45) is 0 Å². The fraction of sp³-hybridized carbons (Fsp3) is 0.143. The minimum Gasteiger partial charge on any atom is -0.493 e. The second-order valence-corrected chi connectivity index (χ2v) is 11.8. The third kappa shape index (κ3) is 5.92. The third-order valence-corrected chi connectivity index (χ3v) is 8.46. The second kappa shape index (κ2) is 11.8. The number of nitrogens with one attached hydrogen (secondary N) is 2. The highest BCUT2D eigenvalue weighted by Crippen LogP contribution is 2.31. The van der Waals surface area contributed by atoms with E-state index in [1.165, 1.54) is 26.4 Å². The molecule has 2 heterocycles. The van der Waals surface area contributed by atoms with Gasteiger partial charge < -0.3 is 14.8 Å². The van der Waals surface area contributed by atoms with E-state index in [1.807, 2.05) is 54.6 Å². The summed E-state index contributed by atoms with van der Waals surface area (Å²) in [6, 6.07) is 21.6. The maximum Gasteiger partial charge on any atom is 0.241 e. The standard InChI is InChI=1S/C28H25BrClN5O4S/c1-38-25-11-10-20(13-26(25)39-2)40(36,37)33-16-19-7-5-6-18(12-19)15-31-27-14-24(21-8-3-4-9-23(21)30)34-28-22(29)17-32-35(27)28/h3-14,17,31,33H,15-16H2,1-2H3. The molecule has 0 aliphatic rings. The summed E-state index contributed by atoms with van der Waals surface area (Å²) in [6.45, 7) is 0.585. The van der Waals surface area contributed by atoms with E-state index in [4.69, 9.17) is 26.1 Å². The smallest absolute Gasteiger partial charge is 0.241 e. The van der Waals surface area contributed by atoms with E-state index in [0.29, 0.717) is 34.4 Å². The molecular weight excluding hydrogens is 618 g/mol. The summed E-state index contributed by atoms with van der Waals surface area (Å²) in [6.07, 6.45) is 1.69. The fourth-order valence-corrected chi connectivity index (χ4v) is 5.77. The van der Waals surface area contributed by atoms with Crippen LogP contribution in [-0.2, 0) is 23.1 Å². The van der Waals surface area contributed by atoms with Gasteiger partial charge in [0.15, 0.2) is 17.1 Å². The Kier molecular flexibility index (Phi) is 8.27. The van der Waals surface area contributed by atoms with E-state index in [0.717, 1.165) is 27.0 Å². The van der Waals surface area contributed by atoms with Crippen molar-refractivity contribution in [1.82, 2.24) is 19.3 Å². The summed E-state index contributed by atoms with van der Waals surface area (Å²) in [7, 11) is -0.821. The molecule has 0 aliphatic heterocycles. The summed E-state index contributed by atoms with van der Waals surface area (Å²) in [4.78, 5) is 4.82. The molecule has 0 saturated carbocycles. The molecule has 5 aromatic rings. The van der Waals surface area contributed by atoms with E-state index in [9.17, 15) is 8.42 Å². The molecule has 0 atom stereocenters. The van der Waals surface area contributed by atoms with Crippen molar-refractivity contribution < 1.29 is 17.9 Å². The summed E-state index contributed by atoms with van der Waals surface area (Å²) in [5.74, 6) is 1.52. The Morgan fingerprint density at radius 1 is 0.925 bits per heavy atom. The molecule has 206 valence electrons. The SMILES string of the molecule is COc1ccc(S(=O)(=O)NCc2cccc(CNc3cc(-c4ccccc4Cl)nc4c(Br)cnn34)c2)cc1OC. The maximum atomic E-state index is 12.9. The number of anilines is 1. The van der Waals surface area contributed by atoms with Crippen molar-refractivity contribution in [2.45, 2.75) is 18.0 Å². The van der Waals surface area contributed by atoms with Crippen LogP contribution in [0.3, 0.4) is 0 Å². The Hall–Kier alpha value is -3.64. The van der Waals surface area contributed by atoms with E-state index >= 15 is 0 Å². The number of fused-ring (bicyclic) bond motifs is 1. The first kappa shape index (κ1) is 27.9. The van der Waals surface area contributed by atoms with Gasteiger partial charge in [-0.05, 0) is 45.3 Å². The summed E-state index contributed by atoms with van der Waals surface area (Å²) < 4.78 is 41.4. The molecule has 0 amide bonds. The molecule has 0 saturated heterocycles. The van der Waals surface area contributed by atoms with Crippen LogP contribution in [-0.4, -0.2) is 37.2 Å². The lowest BCUT2D eigenvalue weighted by Crippen LogP contribution is -2.23. The molecule has 0 fully saturated rings. The first-order chi connectivity index (χ1) is 19.3. The Bertz CT molecular complexity index is 1800. The average Bonchev–Trinajstić information content (AvgIpc) is 3.35. The van der Waals surface area contributed by atoms with Gasteiger partial charge >= 0.3 is 0 Å². The van der Waals surface area contributed by atoms with Crippen LogP contribution in [0.15, 0.2) is 88.4 Å². The number of sulfonamides is 1. The first-order valence-electron chi connectivity index (χ1n) is 12.1. The first-order valence-corrected chi connectivity index (χ1v) is 14.8. The second-order valence-electron chi connectivity index (χ2n) is 8.75. The van der Waals surface area contributed by atoms with Crippen LogP contribution >= 0.6 is 27.5 Å². The normalized spacial score (nSPS) is 11.5. The van der Waals surface area contributed by atoms with Gasteiger partial charge in [-0.1, -0.05) is 54.1 Å². The number of ether oxygens (including phenoxy) is 2. The lowest BCUT2D eigenvalue weighted by molar-refractivity contribution is 0.354. The highest BCUT2D eigenvalue weighted by atomic mass is 79.9. The van der Waals surface area contributed by atoms with Crippen LogP contribution in [0.2, 0.25) is 5.02 Å². The van der Waals surface area contributed by atoms with Gasteiger partial charge in [0.2, 0.25) is 10.0 Å². The highest BCUT2D eigenvalue weighted by Gasteiger charge is 2.17. The monoisotopic (exact) mass is 641 g/mol. The zero-order chi connectivity index (χ0) is 28.3. The Labute approximate surface area is 245 Å². The predicted molar refractivity (Wildman–Crippen MR) is 158 cm³/mol. The van der Waals surface area contributed by atoms with Crippen molar-refractivity contribution in [3.05, 3.63) is 99.6 Å². The predicted octanol–water partition coefficient (Wildman–Crippen LogP) is 5.92. The average molecular weight is 643 g/mol. The van der Waals surface area contributed by atoms with Gasteiger partial charge in [0.1, 0.15) is 5.82 Å². The maximum absolute atomic E-state index is 12.9. The molecule has 0 aliphatic carbocycles. The van der Waals surface area contributed by atoms with Crippen LogP contribution in [0.1, 0.15) is 11.1 Å². The lowest BCUT2D eigenvalue weighted by atomic mass is 10.1. The molecule has 3 aromatic carbocycles. The number of hydrogen-bond donors (Lipinski definition) is 2. The van der Waals surface area contributed by atoms with Crippen LogP contribution < -0.4 is 19.5 Å². The van der Waals surface area contributed by atoms with Gasteiger partial charge in [-0.15, -0.1) is 0 Å². The zero-order valence-electron chi connectivity index (χ0n) is 21.6. The van der Waals surface area contributed by atoms with Crippen molar-refractivity contribution >= 4 is 49.0 Å². The number of methoxy groups -OCH3 is 2. The Morgan fingerprint density at radius 3 is 2.42 bits per heavy atom. The van der Waals surface area contributed by atoms with Crippen LogP contribution in [0, 0.1) is 0 Å². The van der Waals surface area contributed by atoms with E-state index in [1.54, 1.807) is 16.8 Å². The van der Waals surface area contributed by atoms with Crippen LogP contribution in [0.4, 0.5) is 5.82 Å². The number of rotatable bonds is 10. The zero-order valence-corrected chi connectivity index (χ0v) is 24.7. The summed E-state index contributed by atoms with van der Waals surface area (Å²) >= 11 is 9.96. The molecule has 9 nitrogen and oxygen atoms in total. The van der Waals surface area contributed by atoms with Gasteiger partial charge in [0.25, 0.3) is 0 Å². The molecule has 0 spiro atoms. The third-order valence-electron chi connectivity index (χ3n) is 6.18. The number of benzene rings is 3. The molecule has 40 heavy (non-hydrogen) atoms. The molecule has 0 bridgehead atoms.